The molecule has 0 fully saturated rings. The second-order valence-electron chi connectivity index (χ2n) is 3.35. The van der Waals surface area contributed by atoms with Gasteiger partial charge in [-0.05, 0) is 11.6 Å². The Hall–Kier alpha value is -0.770. The Morgan fingerprint density at radius 1 is 1.57 bits per heavy atom. The highest BCUT2D eigenvalue weighted by atomic mass is 35.5. The Bertz CT molecular complexity index is 354. The minimum atomic E-state index is -0.0837. The van der Waals surface area contributed by atoms with E-state index in [-0.39, 0.29) is 12.6 Å². The van der Waals surface area contributed by atoms with E-state index >= 15 is 0 Å². The van der Waals surface area contributed by atoms with Crippen molar-refractivity contribution in [3.05, 3.63) is 28.3 Å². The Morgan fingerprint density at radius 3 is 3.07 bits per heavy atom. The van der Waals surface area contributed by atoms with Crippen molar-refractivity contribution >= 4 is 11.6 Å². The molecule has 3 nitrogen and oxygen atoms in total. The smallest absolute Gasteiger partial charge is 0.143 e. The maximum Gasteiger partial charge on any atom is 0.143 e. The molecule has 0 bridgehead atoms. The van der Waals surface area contributed by atoms with Gasteiger partial charge in [-0.2, -0.15) is 0 Å². The Morgan fingerprint density at radius 2 is 2.36 bits per heavy atom. The molecule has 2 rings (SSSR count). The zero-order valence-electron chi connectivity index (χ0n) is 7.66. The van der Waals surface area contributed by atoms with Crippen LogP contribution in [0.15, 0.2) is 12.1 Å². The van der Waals surface area contributed by atoms with Gasteiger partial charge >= 0.3 is 0 Å². The van der Waals surface area contributed by atoms with Gasteiger partial charge in [0.15, 0.2) is 0 Å². The van der Waals surface area contributed by atoms with E-state index in [1.165, 1.54) is 0 Å². The third kappa shape index (κ3) is 1.47. The molecule has 0 spiro atoms. The number of nitrogens with two attached hydrogens (primary N) is 1. The molecule has 0 amide bonds. The molecular weight excluding hydrogens is 202 g/mol. The van der Waals surface area contributed by atoms with Crippen LogP contribution >= 0.6 is 11.6 Å². The topological polar surface area (TPSA) is 55.5 Å². The van der Waals surface area contributed by atoms with Gasteiger partial charge in [0, 0.05) is 18.0 Å². The molecule has 1 aliphatic rings. The van der Waals surface area contributed by atoms with Crippen LogP contribution in [0.1, 0.15) is 23.6 Å². The molecule has 0 saturated heterocycles. The van der Waals surface area contributed by atoms with Crippen LogP contribution in [0.5, 0.6) is 5.75 Å². The average molecular weight is 214 g/mol. The summed E-state index contributed by atoms with van der Waals surface area (Å²) in [7, 11) is 0. The summed E-state index contributed by atoms with van der Waals surface area (Å²) in [5.74, 6) is 0.636. The molecule has 1 unspecified atom stereocenters. The Balaban J connectivity index is 2.58. The predicted molar refractivity (Wildman–Crippen MR) is 54.4 cm³/mol. The molecule has 1 aromatic rings. The first kappa shape index (κ1) is 9.77. The van der Waals surface area contributed by atoms with Crippen molar-refractivity contribution in [1.29, 1.82) is 0 Å². The van der Waals surface area contributed by atoms with Crippen molar-refractivity contribution in [2.45, 2.75) is 19.1 Å². The van der Waals surface area contributed by atoms with Gasteiger partial charge in [-0.1, -0.05) is 17.7 Å². The third-order valence-electron chi connectivity index (χ3n) is 2.45. The molecule has 1 aliphatic heterocycles. The van der Waals surface area contributed by atoms with Crippen molar-refractivity contribution < 1.29 is 9.84 Å². The van der Waals surface area contributed by atoms with E-state index < -0.39 is 0 Å². The minimum Gasteiger partial charge on any atom is -0.492 e. The number of aliphatic hydroxyl groups excluding tert-OH is 1. The number of fused-ring (bicyclic) bond motifs is 1. The van der Waals surface area contributed by atoms with E-state index in [2.05, 4.69) is 0 Å². The lowest BCUT2D eigenvalue weighted by Crippen LogP contribution is -2.22. The fourth-order valence-electron chi connectivity index (χ4n) is 1.74. The number of hydrogen-bond donors (Lipinski definition) is 2. The highest BCUT2D eigenvalue weighted by molar-refractivity contribution is 6.32. The lowest BCUT2D eigenvalue weighted by Gasteiger charge is -2.25. The van der Waals surface area contributed by atoms with Crippen LogP contribution in [-0.2, 0) is 6.61 Å². The molecule has 3 N–H and O–H groups in total. The summed E-state index contributed by atoms with van der Waals surface area (Å²) in [6, 6.07) is 3.43. The van der Waals surface area contributed by atoms with Gasteiger partial charge in [0.25, 0.3) is 0 Å². The first-order chi connectivity index (χ1) is 6.74. The van der Waals surface area contributed by atoms with Gasteiger partial charge in [0.2, 0.25) is 0 Å². The van der Waals surface area contributed by atoms with Gasteiger partial charge in [-0.25, -0.2) is 0 Å². The van der Waals surface area contributed by atoms with Gasteiger partial charge in [-0.3, -0.25) is 0 Å². The van der Waals surface area contributed by atoms with E-state index in [0.29, 0.717) is 17.4 Å². The van der Waals surface area contributed by atoms with Gasteiger partial charge in [0.1, 0.15) is 5.75 Å². The van der Waals surface area contributed by atoms with Crippen LogP contribution in [0.3, 0.4) is 0 Å². The van der Waals surface area contributed by atoms with Gasteiger partial charge in [0.05, 0.1) is 18.2 Å². The highest BCUT2D eigenvalue weighted by Gasteiger charge is 2.23. The normalized spacial score (nSPS) is 20.1. The van der Waals surface area contributed by atoms with Crippen LogP contribution in [0, 0.1) is 0 Å². The summed E-state index contributed by atoms with van der Waals surface area (Å²) in [4.78, 5) is 0. The third-order valence-corrected chi connectivity index (χ3v) is 2.75. The molecule has 1 aromatic carbocycles. The predicted octanol–water partition coefficient (Wildman–Crippen LogP) is 1.61. The SMILES string of the molecule is NC1CCOc2c(Cl)ccc(CO)c21. The van der Waals surface area contributed by atoms with Crippen LogP contribution in [0.25, 0.3) is 0 Å². The first-order valence-corrected chi connectivity index (χ1v) is 4.92. The van der Waals surface area contributed by atoms with Crippen LogP contribution in [0.4, 0.5) is 0 Å². The summed E-state index contributed by atoms with van der Waals surface area (Å²) in [6.45, 7) is 0.555. The van der Waals surface area contributed by atoms with Crippen LogP contribution in [0.2, 0.25) is 5.02 Å². The number of halogens is 1. The summed E-state index contributed by atoms with van der Waals surface area (Å²) < 4.78 is 5.44. The maximum atomic E-state index is 9.15. The Labute approximate surface area is 87.4 Å². The molecule has 76 valence electrons. The molecule has 0 saturated carbocycles. The monoisotopic (exact) mass is 213 g/mol. The van der Waals surface area contributed by atoms with Crippen molar-refractivity contribution in [2.24, 2.45) is 5.73 Å². The van der Waals surface area contributed by atoms with Crippen molar-refractivity contribution in [3.63, 3.8) is 0 Å². The van der Waals surface area contributed by atoms with E-state index in [9.17, 15) is 0 Å². The largest absolute Gasteiger partial charge is 0.492 e. The number of hydrogen-bond acceptors (Lipinski definition) is 3. The molecule has 0 aliphatic carbocycles. The fraction of sp³-hybridized carbons (Fsp3) is 0.400. The second-order valence-corrected chi connectivity index (χ2v) is 3.76. The number of rotatable bonds is 1. The Kier molecular flexibility index (Phi) is 2.63. The summed E-state index contributed by atoms with van der Waals surface area (Å²) in [5, 5.41) is 9.71. The van der Waals surface area contributed by atoms with Crippen molar-refractivity contribution in [3.8, 4) is 5.75 Å². The van der Waals surface area contributed by atoms with Crippen molar-refractivity contribution in [2.75, 3.05) is 6.61 Å². The molecule has 1 heterocycles. The van der Waals surface area contributed by atoms with Crippen LogP contribution < -0.4 is 10.5 Å². The summed E-state index contributed by atoms with van der Waals surface area (Å²) >= 11 is 5.97. The summed E-state index contributed by atoms with van der Waals surface area (Å²) in [5.41, 5.74) is 7.60. The first-order valence-electron chi connectivity index (χ1n) is 4.54. The second kappa shape index (κ2) is 3.77. The van der Waals surface area contributed by atoms with Crippen molar-refractivity contribution in [1.82, 2.24) is 0 Å². The quantitative estimate of drug-likeness (QED) is 0.746. The highest BCUT2D eigenvalue weighted by Crippen LogP contribution is 2.38. The van der Waals surface area contributed by atoms with Gasteiger partial charge < -0.3 is 15.6 Å². The lowest BCUT2D eigenvalue weighted by atomic mass is 9.96. The average Bonchev–Trinajstić information content (AvgIpc) is 2.20. The van der Waals surface area contributed by atoms with E-state index in [0.717, 1.165) is 17.5 Å². The van der Waals surface area contributed by atoms with Gasteiger partial charge in [-0.15, -0.1) is 0 Å². The van der Waals surface area contributed by atoms with E-state index in [1.54, 1.807) is 12.1 Å². The van der Waals surface area contributed by atoms with Crippen LogP contribution in [-0.4, -0.2) is 11.7 Å². The molecule has 4 heteroatoms. The lowest BCUT2D eigenvalue weighted by molar-refractivity contribution is 0.254. The number of ether oxygens (including phenoxy) is 1. The maximum absolute atomic E-state index is 9.15. The molecule has 0 aromatic heterocycles. The number of benzene rings is 1. The minimum absolute atomic E-state index is 0.0312. The zero-order chi connectivity index (χ0) is 10.1. The summed E-state index contributed by atoms with van der Waals surface area (Å²) in [6.07, 6.45) is 0.764. The standard InChI is InChI=1S/C10H12ClNO2/c11-7-2-1-6(5-13)9-8(12)3-4-14-10(7)9/h1-2,8,13H,3-5,12H2. The van der Waals surface area contributed by atoms with E-state index in [1.807, 2.05) is 0 Å². The molecular formula is C10H12ClNO2. The number of aliphatic hydroxyl groups is 1. The molecule has 1 atom stereocenters. The zero-order valence-corrected chi connectivity index (χ0v) is 8.42. The fourth-order valence-corrected chi connectivity index (χ4v) is 1.96. The molecule has 14 heavy (non-hydrogen) atoms. The van der Waals surface area contributed by atoms with E-state index in [4.69, 9.17) is 27.2 Å². The molecule has 0 radical (unpaired) electrons.